The largest absolute Gasteiger partial charge is 0.375 e. The third kappa shape index (κ3) is 4.91. The van der Waals surface area contributed by atoms with Crippen LogP contribution in [0.5, 0.6) is 0 Å². The number of non-ortho nitro benzene ring substituents is 2. The summed E-state index contributed by atoms with van der Waals surface area (Å²) in [5, 5.41) is 32.1. The van der Waals surface area contributed by atoms with Crippen LogP contribution in [0.2, 0.25) is 0 Å². The van der Waals surface area contributed by atoms with Crippen molar-refractivity contribution in [2.45, 2.75) is 28.4 Å². The molecular weight excluding hydrogens is 468 g/mol. The predicted molar refractivity (Wildman–Crippen MR) is 109 cm³/mol. The number of aliphatic hydroxyl groups is 1. The molecule has 0 spiro atoms. The Balaban J connectivity index is 1.70. The molecule has 32 heavy (non-hydrogen) atoms. The second kappa shape index (κ2) is 8.51. The highest BCUT2D eigenvalue weighted by molar-refractivity contribution is 7.89. The first kappa shape index (κ1) is 23.7. The van der Waals surface area contributed by atoms with E-state index in [4.69, 9.17) is 0 Å². The second-order valence-corrected chi connectivity index (χ2v) is 10.7. The summed E-state index contributed by atoms with van der Waals surface area (Å²) in [6, 6.07) is 8.40. The molecule has 15 heteroatoms. The molecule has 0 unspecified atom stereocenters. The first-order valence-electron chi connectivity index (χ1n) is 9.10. The van der Waals surface area contributed by atoms with E-state index in [0.29, 0.717) is 0 Å². The SMILES string of the molecule is O=[N+]([O-])c1ccc(S(=O)(=O)NC2(O)CCN(S(=O)(=O)c3ccc([N+](=O)[O-])cc3)CC2)cc1. The maximum absolute atomic E-state index is 12.8. The molecule has 0 bridgehead atoms. The molecule has 1 fully saturated rings. The number of piperidine rings is 1. The normalized spacial score (nSPS) is 17.0. The minimum absolute atomic E-state index is 0.167. The van der Waals surface area contributed by atoms with E-state index in [0.717, 1.165) is 52.8 Å². The summed E-state index contributed by atoms with van der Waals surface area (Å²) in [6.07, 6.45) is -0.517. The number of nitro groups is 2. The fourth-order valence-corrected chi connectivity index (χ4v) is 5.90. The Morgan fingerprint density at radius 1 is 0.812 bits per heavy atom. The van der Waals surface area contributed by atoms with Crippen LogP contribution in [0, 0.1) is 20.2 Å². The summed E-state index contributed by atoms with van der Waals surface area (Å²) in [5.74, 6) is 0. The molecule has 1 heterocycles. The molecule has 0 aliphatic carbocycles. The van der Waals surface area contributed by atoms with Gasteiger partial charge in [-0.2, -0.15) is 9.03 Å². The van der Waals surface area contributed by atoms with E-state index in [1.54, 1.807) is 0 Å². The molecule has 1 aliphatic rings. The Morgan fingerprint density at radius 3 is 1.62 bits per heavy atom. The first-order valence-corrected chi connectivity index (χ1v) is 12.0. The molecule has 1 saturated heterocycles. The number of sulfonamides is 2. The molecule has 2 aromatic carbocycles. The van der Waals surface area contributed by atoms with Gasteiger partial charge in [-0.25, -0.2) is 16.8 Å². The van der Waals surface area contributed by atoms with E-state index in [-0.39, 0.29) is 47.1 Å². The van der Waals surface area contributed by atoms with Crippen molar-refractivity contribution in [2.75, 3.05) is 13.1 Å². The zero-order valence-corrected chi connectivity index (χ0v) is 18.0. The molecule has 2 aromatic rings. The number of rotatable bonds is 7. The third-order valence-electron chi connectivity index (χ3n) is 4.92. The van der Waals surface area contributed by atoms with E-state index in [9.17, 15) is 42.2 Å². The van der Waals surface area contributed by atoms with Gasteiger partial charge < -0.3 is 5.11 Å². The lowest BCUT2D eigenvalue weighted by atomic mass is 10.0. The summed E-state index contributed by atoms with van der Waals surface area (Å²) in [5.41, 5.74) is -2.49. The van der Waals surface area contributed by atoms with E-state index in [2.05, 4.69) is 4.72 Å². The van der Waals surface area contributed by atoms with Gasteiger partial charge in [0.05, 0.1) is 19.6 Å². The summed E-state index contributed by atoms with van der Waals surface area (Å²) < 4.78 is 53.8. The Hall–Kier alpha value is -2.98. The van der Waals surface area contributed by atoms with E-state index >= 15 is 0 Å². The lowest BCUT2D eigenvalue weighted by Crippen LogP contribution is -2.55. The maximum atomic E-state index is 12.8. The van der Waals surface area contributed by atoms with Gasteiger partial charge in [-0.15, -0.1) is 0 Å². The smallest absolute Gasteiger partial charge is 0.269 e. The minimum atomic E-state index is -4.23. The topological polar surface area (TPSA) is 190 Å². The molecule has 0 atom stereocenters. The minimum Gasteiger partial charge on any atom is -0.375 e. The van der Waals surface area contributed by atoms with Crippen LogP contribution in [0.25, 0.3) is 0 Å². The fraction of sp³-hybridized carbons (Fsp3) is 0.294. The molecule has 0 saturated carbocycles. The molecule has 3 rings (SSSR count). The lowest BCUT2D eigenvalue weighted by Gasteiger charge is -2.37. The van der Waals surface area contributed by atoms with Crippen LogP contribution in [-0.4, -0.2) is 54.9 Å². The Bertz CT molecular complexity index is 1240. The van der Waals surface area contributed by atoms with Crippen molar-refractivity contribution in [1.82, 2.24) is 9.03 Å². The van der Waals surface area contributed by atoms with Crippen molar-refractivity contribution in [2.24, 2.45) is 0 Å². The summed E-state index contributed by atoms with van der Waals surface area (Å²) in [7, 11) is -8.24. The number of nitro benzene ring substituents is 2. The van der Waals surface area contributed by atoms with Crippen LogP contribution >= 0.6 is 0 Å². The Kier molecular flexibility index (Phi) is 6.30. The average Bonchev–Trinajstić information content (AvgIpc) is 2.73. The zero-order chi connectivity index (χ0) is 23.7. The Morgan fingerprint density at radius 2 is 1.22 bits per heavy atom. The monoisotopic (exact) mass is 486 g/mol. The predicted octanol–water partition coefficient (Wildman–Crippen LogP) is 0.955. The fourth-order valence-electron chi connectivity index (χ4n) is 3.14. The van der Waals surface area contributed by atoms with Gasteiger partial charge in [0, 0.05) is 50.2 Å². The molecule has 13 nitrogen and oxygen atoms in total. The van der Waals surface area contributed by atoms with Gasteiger partial charge in [-0.05, 0) is 24.3 Å². The van der Waals surface area contributed by atoms with E-state index < -0.39 is 35.6 Å². The molecule has 172 valence electrons. The van der Waals surface area contributed by atoms with Crippen LogP contribution in [0.15, 0.2) is 58.3 Å². The van der Waals surface area contributed by atoms with E-state index in [1.807, 2.05) is 0 Å². The van der Waals surface area contributed by atoms with Crippen molar-refractivity contribution in [3.05, 3.63) is 68.8 Å². The average molecular weight is 486 g/mol. The van der Waals surface area contributed by atoms with Gasteiger partial charge in [-0.3, -0.25) is 20.2 Å². The molecule has 0 amide bonds. The van der Waals surface area contributed by atoms with Gasteiger partial charge >= 0.3 is 0 Å². The van der Waals surface area contributed by atoms with Crippen molar-refractivity contribution < 1.29 is 31.8 Å². The van der Waals surface area contributed by atoms with Gasteiger partial charge in [0.2, 0.25) is 20.0 Å². The standard InChI is InChI=1S/C17H18N4O9S2/c22-17(18-31(27,28)15-5-1-13(2-6-15)20(23)24)9-11-19(12-10-17)32(29,30)16-7-3-14(4-8-16)21(25)26/h1-8,18,22H,9-12H2. The molecule has 1 aliphatic heterocycles. The van der Waals surface area contributed by atoms with Crippen molar-refractivity contribution in [3.8, 4) is 0 Å². The second-order valence-electron chi connectivity index (χ2n) is 7.04. The number of hydrogen-bond acceptors (Lipinski definition) is 9. The maximum Gasteiger partial charge on any atom is 0.269 e. The lowest BCUT2D eigenvalue weighted by molar-refractivity contribution is -0.385. The third-order valence-corrected chi connectivity index (χ3v) is 8.37. The zero-order valence-electron chi connectivity index (χ0n) is 16.3. The van der Waals surface area contributed by atoms with Crippen molar-refractivity contribution >= 4 is 31.4 Å². The highest BCUT2D eigenvalue weighted by Crippen LogP contribution is 2.28. The van der Waals surface area contributed by atoms with E-state index in [1.165, 1.54) is 0 Å². The van der Waals surface area contributed by atoms with Gasteiger partial charge in [0.15, 0.2) is 0 Å². The molecular formula is C17H18N4O9S2. The number of nitrogens with one attached hydrogen (secondary N) is 1. The number of nitrogens with zero attached hydrogens (tertiary/aromatic N) is 3. The van der Waals surface area contributed by atoms with Crippen molar-refractivity contribution in [1.29, 1.82) is 0 Å². The van der Waals surface area contributed by atoms with Gasteiger partial charge in [-0.1, -0.05) is 0 Å². The quantitative estimate of drug-likeness (QED) is 0.326. The van der Waals surface area contributed by atoms with Crippen LogP contribution < -0.4 is 4.72 Å². The van der Waals surface area contributed by atoms with Gasteiger partial charge in [0.25, 0.3) is 11.4 Å². The van der Waals surface area contributed by atoms with Crippen LogP contribution in [-0.2, 0) is 20.0 Å². The van der Waals surface area contributed by atoms with Gasteiger partial charge in [0.1, 0.15) is 5.72 Å². The number of benzene rings is 2. The molecule has 0 radical (unpaired) electrons. The highest BCUT2D eigenvalue weighted by Gasteiger charge is 2.40. The summed E-state index contributed by atoms with van der Waals surface area (Å²) >= 11 is 0. The van der Waals surface area contributed by atoms with Crippen LogP contribution in [0.4, 0.5) is 11.4 Å². The van der Waals surface area contributed by atoms with Crippen molar-refractivity contribution in [3.63, 3.8) is 0 Å². The first-order chi connectivity index (χ1) is 14.8. The molecule has 2 N–H and O–H groups in total. The van der Waals surface area contributed by atoms with Crippen LogP contribution in [0.1, 0.15) is 12.8 Å². The number of hydrogen-bond donors (Lipinski definition) is 2. The summed E-state index contributed by atoms with van der Waals surface area (Å²) in [4.78, 5) is 19.6. The molecule has 0 aromatic heterocycles. The Labute approximate surface area is 182 Å². The van der Waals surface area contributed by atoms with Crippen LogP contribution in [0.3, 0.4) is 0 Å². The highest BCUT2D eigenvalue weighted by atomic mass is 32.2. The summed E-state index contributed by atoms with van der Waals surface area (Å²) in [6.45, 7) is -0.419.